The minimum Gasteiger partial charge on any atom is -0.399 e. The molecule has 8 nitrogen and oxygen atoms in total. The Bertz CT molecular complexity index is 1130. The Morgan fingerprint density at radius 1 is 1.03 bits per heavy atom. The van der Waals surface area contributed by atoms with E-state index in [1.807, 2.05) is 18.2 Å². The van der Waals surface area contributed by atoms with E-state index in [1.165, 1.54) is 0 Å². The van der Waals surface area contributed by atoms with E-state index < -0.39 is 7.12 Å². The Kier molecular flexibility index (Phi) is 5.80. The predicted molar refractivity (Wildman–Crippen MR) is 133 cm³/mol. The number of aromatic nitrogens is 3. The molecule has 2 fully saturated rings. The van der Waals surface area contributed by atoms with E-state index in [1.54, 1.807) is 17.5 Å². The average molecular weight is 467 g/mol. The van der Waals surface area contributed by atoms with E-state index in [0.29, 0.717) is 17.8 Å². The Hall–Kier alpha value is -2.27. The van der Waals surface area contributed by atoms with Crippen LogP contribution in [-0.4, -0.2) is 50.5 Å². The van der Waals surface area contributed by atoms with Gasteiger partial charge in [0.2, 0.25) is 5.95 Å². The number of hydrogen-bond donors (Lipinski definition) is 3. The fourth-order valence-corrected chi connectivity index (χ4v) is 5.05. The van der Waals surface area contributed by atoms with Crippen LogP contribution in [-0.2, 0) is 9.31 Å². The standard InChI is InChI=1S/C23H30BN5O3S/c1-22(2)23(3,4)32-24(31-22)14-5-10-17-18(13-14)33-21(27-17)29-19-11-12-25-20(28-19)26-15-6-8-16(30)9-7-15/h5,10-13,15-16,30H,6-9H2,1-4H3,(H2,25,26,27,28,29)/t15-,16-. The Morgan fingerprint density at radius 3 is 2.48 bits per heavy atom. The zero-order valence-electron chi connectivity index (χ0n) is 19.5. The molecule has 3 aromatic rings. The molecule has 1 aliphatic heterocycles. The van der Waals surface area contributed by atoms with Crippen LogP contribution in [0, 0.1) is 0 Å². The fourth-order valence-electron chi connectivity index (χ4n) is 4.13. The van der Waals surface area contributed by atoms with Crippen molar-refractivity contribution in [2.24, 2.45) is 0 Å². The number of nitrogens with zero attached hydrogens (tertiary/aromatic N) is 3. The Morgan fingerprint density at radius 2 is 1.76 bits per heavy atom. The van der Waals surface area contributed by atoms with Crippen molar-refractivity contribution in [2.75, 3.05) is 10.6 Å². The maximum atomic E-state index is 9.70. The molecule has 0 bridgehead atoms. The highest BCUT2D eigenvalue weighted by Crippen LogP contribution is 2.37. The highest BCUT2D eigenvalue weighted by Gasteiger charge is 2.51. The number of nitrogens with one attached hydrogen (secondary N) is 2. The molecule has 1 saturated carbocycles. The summed E-state index contributed by atoms with van der Waals surface area (Å²) in [6, 6.07) is 8.23. The number of hydrogen-bond acceptors (Lipinski definition) is 9. The minimum absolute atomic E-state index is 0.179. The van der Waals surface area contributed by atoms with Gasteiger partial charge < -0.3 is 25.0 Å². The first-order valence-electron chi connectivity index (χ1n) is 11.5. The molecule has 3 N–H and O–H groups in total. The number of thiazole rings is 1. The number of anilines is 3. The van der Waals surface area contributed by atoms with Crippen molar-refractivity contribution in [1.29, 1.82) is 0 Å². The maximum Gasteiger partial charge on any atom is 0.494 e. The van der Waals surface area contributed by atoms with Crippen molar-refractivity contribution in [3.05, 3.63) is 30.5 Å². The summed E-state index contributed by atoms with van der Waals surface area (Å²) in [5.74, 6) is 1.28. The lowest BCUT2D eigenvalue weighted by Crippen LogP contribution is -2.41. The molecule has 0 radical (unpaired) electrons. The molecule has 10 heteroatoms. The molecule has 3 heterocycles. The van der Waals surface area contributed by atoms with Crippen LogP contribution in [0.25, 0.3) is 10.2 Å². The highest BCUT2D eigenvalue weighted by atomic mass is 32.1. The molecule has 0 spiro atoms. The van der Waals surface area contributed by atoms with Gasteiger partial charge in [-0.25, -0.2) is 9.97 Å². The summed E-state index contributed by atoms with van der Waals surface area (Å²) in [5, 5.41) is 17.2. The summed E-state index contributed by atoms with van der Waals surface area (Å²) < 4.78 is 13.4. The van der Waals surface area contributed by atoms with E-state index in [-0.39, 0.29) is 17.3 Å². The Balaban J connectivity index is 1.29. The van der Waals surface area contributed by atoms with Crippen molar-refractivity contribution in [1.82, 2.24) is 15.0 Å². The molecule has 0 amide bonds. The maximum absolute atomic E-state index is 9.70. The first kappa shape index (κ1) is 22.5. The van der Waals surface area contributed by atoms with Crippen molar-refractivity contribution in [3.63, 3.8) is 0 Å². The quantitative estimate of drug-likeness (QED) is 0.487. The smallest absolute Gasteiger partial charge is 0.399 e. The topological polar surface area (TPSA) is 101 Å². The number of aliphatic hydroxyl groups excluding tert-OH is 1. The van der Waals surface area contributed by atoms with Crippen molar-refractivity contribution in [3.8, 4) is 0 Å². The van der Waals surface area contributed by atoms with E-state index in [9.17, 15) is 5.11 Å². The first-order chi connectivity index (χ1) is 15.7. The van der Waals surface area contributed by atoms with Crippen molar-refractivity contribution in [2.45, 2.75) is 76.7 Å². The van der Waals surface area contributed by atoms with Gasteiger partial charge in [0, 0.05) is 12.2 Å². The van der Waals surface area contributed by atoms with Gasteiger partial charge in [-0.2, -0.15) is 4.98 Å². The van der Waals surface area contributed by atoms with Gasteiger partial charge in [0.1, 0.15) is 5.82 Å². The number of rotatable bonds is 5. The van der Waals surface area contributed by atoms with Crippen LogP contribution in [0.3, 0.4) is 0 Å². The van der Waals surface area contributed by atoms with E-state index in [2.05, 4.69) is 54.4 Å². The van der Waals surface area contributed by atoms with Crippen molar-refractivity contribution < 1.29 is 14.4 Å². The summed E-state index contributed by atoms with van der Waals surface area (Å²) in [4.78, 5) is 13.6. The zero-order chi connectivity index (χ0) is 23.2. The lowest BCUT2D eigenvalue weighted by atomic mass is 9.79. The molecule has 2 aromatic heterocycles. The van der Waals surface area contributed by atoms with Gasteiger partial charge in [-0.05, 0) is 77.0 Å². The van der Waals surface area contributed by atoms with Gasteiger partial charge in [0.15, 0.2) is 5.13 Å². The van der Waals surface area contributed by atoms with Gasteiger partial charge in [0.05, 0.1) is 27.5 Å². The van der Waals surface area contributed by atoms with Gasteiger partial charge in [-0.1, -0.05) is 17.4 Å². The molecule has 1 saturated heterocycles. The molecule has 0 atom stereocenters. The Labute approximate surface area is 198 Å². The molecule has 33 heavy (non-hydrogen) atoms. The fraction of sp³-hybridized carbons (Fsp3) is 0.522. The summed E-state index contributed by atoms with van der Waals surface area (Å²) in [6.45, 7) is 8.23. The molecular formula is C23H30BN5O3S. The van der Waals surface area contributed by atoms with Gasteiger partial charge >= 0.3 is 7.12 Å². The van der Waals surface area contributed by atoms with E-state index in [4.69, 9.17) is 14.3 Å². The minimum atomic E-state index is -0.394. The number of fused-ring (bicyclic) bond motifs is 1. The van der Waals surface area contributed by atoms with Crippen molar-refractivity contribution >= 4 is 51.0 Å². The number of benzene rings is 1. The van der Waals surface area contributed by atoms with E-state index in [0.717, 1.165) is 46.5 Å². The van der Waals surface area contributed by atoms with Crippen LogP contribution in [0.4, 0.5) is 16.9 Å². The number of aliphatic hydroxyl groups is 1. The average Bonchev–Trinajstić information content (AvgIpc) is 3.25. The normalized spacial score (nSPS) is 24.2. The SMILES string of the molecule is CC1(C)OB(c2ccc3nc(Nc4ccnc(N[C@H]5CC[C@H](O)CC5)n4)sc3c2)OC1(C)C. The van der Waals surface area contributed by atoms with Gasteiger partial charge in [-0.15, -0.1) is 0 Å². The molecule has 2 aliphatic rings. The molecule has 1 aromatic carbocycles. The van der Waals surface area contributed by atoms with Crippen LogP contribution in [0.2, 0.25) is 0 Å². The lowest BCUT2D eigenvalue weighted by molar-refractivity contribution is 0.00578. The summed E-state index contributed by atoms with van der Waals surface area (Å²) in [5.41, 5.74) is 1.16. The third-order valence-corrected chi connectivity index (χ3v) is 7.79. The van der Waals surface area contributed by atoms with Gasteiger partial charge in [-0.3, -0.25) is 0 Å². The molecule has 5 rings (SSSR count). The summed E-state index contributed by atoms with van der Waals surface area (Å²) in [6.07, 6.45) is 5.03. The second-order valence-corrected chi connectivity index (χ2v) is 10.9. The third-order valence-electron chi connectivity index (χ3n) is 6.86. The van der Waals surface area contributed by atoms with Crippen LogP contribution < -0.4 is 16.1 Å². The van der Waals surface area contributed by atoms with Crippen LogP contribution >= 0.6 is 11.3 Å². The first-order valence-corrected chi connectivity index (χ1v) is 12.3. The molecule has 0 unspecified atom stereocenters. The lowest BCUT2D eigenvalue weighted by Gasteiger charge is -2.32. The van der Waals surface area contributed by atoms with Crippen LogP contribution in [0.5, 0.6) is 0 Å². The second-order valence-electron chi connectivity index (χ2n) is 9.87. The highest BCUT2D eigenvalue weighted by molar-refractivity contribution is 7.22. The molecule has 1 aliphatic carbocycles. The zero-order valence-corrected chi connectivity index (χ0v) is 20.3. The largest absolute Gasteiger partial charge is 0.494 e. The van der Waals surface area contributed by atoms with Gasteiger partial charge in [0.25, 0.3) is 0 Å². The van der Waals surface area contributed by atoms with Crippen LogP contribution in [0.1, 0.15) is 53.4 Å². The molecule has 174 valence electrons. The summed E-state index contributed by atoms with van der Waals surface area (Å²) >= 11 is 1.56. The predicted octanol–water partition coefficient (Wildman–Crippen LogP) is 3.84. The van der Waals surface area contributed by atoms with Crippen LogP contribution in [0.15, 0.2) is 30.5 Å². The van der Waals surface area contributed by atoms with E-state index >= 15 is 0 Å². The summed E-state index contributed by atoms with van der Waals surface area (Å²) in [7, 11) is -0.394. The third kappa shape index (κ3) is 4.70. The monoisotopic (exact) mass is 467 g/mol. The molecular weight excluding hydrogens is 437 g/mol. The second kappa shape index (κ2) is 8.50.